The summed E-state index contributed by atoms with van der Waals surface area (Å²) < 4.78 is 10.7. The number of amides is 1. The number of nitrogens with zero attached hydrogens (tertiary/aromatic N) is 1. The Labute approximate surface area is 111 Å². The minimum Gasteiger partial charge on any atom is -0.462 e. The molecule has 1 atom stereocenters. The van der Waals surface area contributed by atoms with Gasteiger partial charge < -0.3 is 14.5 Å². The molecule has 1 fully saturated rings. The molecule has 1 aromatic heterocycles. The normalized spacial score (nSPS) is 19.2. The van der Waals surface area contributed by atoms with Crippen LogP contribution in [0.3, 0.4) is 0 Å². The van der Waals surface area contributed by atoms with Crippen molar-refractivity contribution in [3.05, 3.63) is 29.2 Å². The van der Waals surface area contributed by atoms with Crippen molar-refractivity contribution in [2.24, 2.45) is 0 Å². The lowest BCUT2D eigenvalue weighted by atomic mass is 10.2. The Morgan fingerprint density at radius 2 is 2.47 bits per heavy atom. The molecule has 0 unspecified atom stereocenters. The molecule has 2 rings (SSSR count). The van der Waals surface area contributed by atoms with Crippen LogP contribution in [0.4, 0.5) is 0 Å². The lowest BCUT2D eigenvalue weighted by Gasteiger charge is -2.09. The Kier molecular flexibility index (Phi) is 4.37. The molecule has 2 heterocycles. The smallest absolute Gasteiger partial charge is 0.262 e. The summed E-state index contributed by atoms with van der Waals surface area (Å²) in [5.74, 6) is 0.844. The summed E-state index contributed by atoms with van der Waals surface area (Å²) in [4.78, 5) is 11.8. The molecule has 1 aliphatic heterocycles. The van der Waals surface area contributed by atoms with Crippen LogP contribution in [0.2, 0.25) is 0 Å². The highest BCUT2D eigenvalue weighted by Gasteiger charge is 2.17. The largest absolute Gasteiger partial charge is 0.462 e. The van der Waals surface area contributed by atoms with Crippen molar-refractivity contribution in [3.63, 3.8) is 0 Å². The van der Waals surface area contributed by atoms with Crippen molar-refractivity contribution in [1.82, 2.24) is 5.32 Å². The summed E-state index contributed by atoms with van der Waals surface area (Å²) in [6, 6.07) is 5.39. The van der Waals surface area contributed by atoms with Gasteiger partial charge in [0.15, 0.2) is 0 Å². The number of nitrogens with one attached hydrogen (secondary N) is 1. The van der Waals surface area contributed by atoms with Gasteiger partial charge in [0.25, 0.3) is 5.91 Å². The predicted molar refractivity (Wildman–Crippen MR) is 69.0 cm³/mol. The molecule has 0 radical (unpaired) electrons. The van der Waals surface area contributed by atoms with Crippen LogP contribution in [0, 0.1) is 18.3 Å². The van der Waals surface area contributed by atoms with Gasteiger partial charge in [-0.25, -0.2) is 0 Å². The van der Waals surface area contributed by atoms with E-state index in [4.69, 9.17) is 14.4 Å². The number of rotatable bonds is 4. The van der Waals surface area contributed by atoms with Gasteiger partial charge in [-0.15, -0.1) is 0 Å². The van der Waals surface area contributed by atoms with E-state index >= 15 is 0 Å². The van der Waals surface area contributed by atoms with E-state index in [1.165, 1.54) is 6.08 Å². The first-order valence-corrected chi connectivity index (χ1v) is 6.27. The molecule has 5 nitrogen and oxygen atoms in total. The highest BCUT2D eigenvalue weighted by Crippen LogP contribution is 2.12. The Balaban J connectivity index is 1.95. The average Bonchev–Trinajstić information content (AvgIpc) is 3.04. The molecule has 0 aromatic carbocycles. The van der Waals surface area contributed by atoms with Gasteiger partial charge in [0.2, 0.25) is 0 Å². The molecule has 1 N–H and O–H groups in total. The Morgan fingerprint density at radius 1 is 1.63 bits per heavy atom. The highest BCUT2D eigenvalue weighted by molar-refractivity contribution is 6.01. The second-order valence-corrected chi connectivity index (χ2v) is 4.46. The van der Waals surface area contributed by atoms with E-state index in [1.54, 1.807) is 19.1 Å². The number of carbonyl (C=O) groups is 1. The molecule has 1 aliphatic rings. The summed E-state index contributed by atoms with van der Waals surface area (Å²) in [5.41, 5.74) is 0.0346. The van der Waals surface area contributed by atoms with Gasteiger partial charge in [-0.1, -0.05) is 0 Å². The van der Waals surface area contributed by atoms with Gasteiger partial charge in [0.1, 0.15) is 23.2 Å². The molecular weight excluding hydrogens is 244 g/mol. The summed E-state index contributed by atoms with van der Waals surface area (Å²) in [7, 11) is 0. The molecule has 0 bridgehead atoms. The van der Waals surface area contributed by atoms with Crippen LogP contribution in [-0.4, -0.2) is 25.2 Å². The zero-order chi connectivity index (χ0) is 13.7. The lowest BCUT2D eigenvalue weighted by Crippen LogP contribution is -2.32. The van der Waals surface area contributed by atoms with Crippen LogP contribution in [0.1, 0.15) is 24.4 Å². The number of furan rings is 1. The summed E-state index contributed by atoms with van der Waals surface area (Å²) in [6.45, 7) is 2.99. The predicted octanol–water partition coefficient (Wildman–Crippen LogP) is 1.79. The first-order valence-electron chi connectivity index (χ1n) is 6.27. The Hall–Kier alpha value is -2.06. The maximum Gasteiger partial charge on any atom is 0.262 e. The Bertz CT molecular complexity index is 519. The van der Waals surface area contributed by atoms with E-state index in [-0.39, 0.29) is 11.7 Å². The van der Waals surface area contributed by atoms with Crippen molar-refractivity contribution in [1.29, 1.82) is 5.26 Å². The summed E-state index contributed by atoms with van der Waals surface area (Å²) in [5, 5.41) is 11.7. The third-order valence-corrected chi connectivity index (χ3v) is 2.93. The van der Waals surface area contributed by atoms with E-state index in [2.05, 4.69) is 5.32 Å². The number of aryl methyl sites for hydroxylation is 1. The molecule has 1 aromatic rings. The Morgan fingerprint density at radius 3 is 3.05 bits per heavy atom. The van der Waals surface area contributed by atoms with Crippen LogP contribution < -0.4 is 5.32 Å². The molecule has 0 spiro atoms. The SMILES string of the molecule is Cc1ccc(/C=C(\C#N)C(=O)NC[C@H]2CCCO2)o1. The average molecular weight is 260 g/mol. The maximum atomic E-state index is 11.8. The highest BCUT2D eigenvalue weighted by atomic mass is 16.5. The van der Waals surface area contributed by atoms with E-state index < -0.39 is 5.91 Å². The van der Waals surface area contributed by atoms with Crippen LogP contribution in [0.5, 0.6) is 0 Å². The molecule has 0 aliphatic carbocycles. The third kappa shape index (κ3) is 3.70. The second-order valence-electron chi connectivity index (χ2n) is 4.46. The fourth-order valence-corrected chi connectivity index (χ4v) is 1.93. The van der Waals surface area contributed by atoms with Gasteiger partial charge in [0.05, 0.1) is 6.10 Å². The van der Waals surface area contributed by atoms with Gasteiger partial charge in [0, 0.05) is 19.2 Å². The van der Waals surface area contributed by atoms with Crippen LogP contribution in [-0.2, 0) is 9.53 Å². The molecule has 1 amide bonds. The minimum atomic E-state index is -0.396. The lowest BCUT2D eigenvalue weighted by molar-refractivity contribution is -0.117. The van der Waals surface area contributed by atoms with Crippen molar-refractivity contribution in [3.8, 4) is 6.07 Å². The number of ether oxygens (including phenoxy) is 1. The van der Waals surface area contributed by atoms with E-state index in [9.17, 15) is 4.79 Å². The standard InChI is InChI=1S/C14H16N2O3/c1-10-4-5-12(19-10)7-11(8-15)14(17)16-9-13-3-2-6-18-13/h4-5,7,13H,2-3,6,9H2,1H3,(H,16,17)/b11-7+/t13-/m1/s1. The van der Waals surface area contributed by atoms with Gasteiger partial charge >= 0.3 is 0 Å². The summed E-state index contributed by atoms with van der Waals surface area (Å²) >= 11 is 0. The fourth-order valence-electron chi connectivity index (χ4n) is 1.93. The van der Waals surface area contributed by atoms with Gasteiger partial charge in [-0.3, -0.25) is 4.79 Å². The van der Waals surface area contributed by atoms with Gasteiger partial charge in [-0.2, -0.15) is 5.26 Å². The molecular formula is C14H16N2O3. The molecule has 0 saturated carbocycles. The van der Waals surface area contributed by atoms with Crippen molar-refractivity contribution < 1.29 is 13.9 Å². The monoisotopic (exact) mass is 260 g/mol. The van der Waals surface area contributed by atoms with Gasteiger partial charge in [-0.05, 0) is 31.9 Å². The molecule has 5 heteroatoms. The maximum absolute atomic E-state index is 11.8. The van der Waals surface area contributed by atoms with Crippen molar-refractivity contribution >= 4 is 12.0 Å². The van der Waals surface area contributed by atoms with E-state index in [0.29, 0.717) is 12.3 Å². The van der Waals surface area contributed by atoms with Crippen molar-refractivity contribution in [2.45, 2.75) is 25.9 Å². The zero-order valence-corrected chi connectivity index (χ0v) is 10.8. The van der Waals surface area contributed by atoms with E-state index in [0.717, 1.165) is 25.2 Å². The second kappa shape index (κ2) is 6.21. The zero-order valence-electron chi connectivity index (χ0n) is 10.8. The number of hydrogen-bond donors (Lipinski definition) is 1. The van der Waals surface area contributed by atoms with Crippen LogP contribution in [0.25, 0.3) is 6.08 Å². The molecule has 100 valence electrons. The number of nitriles is 1. The number of hydrogen-bond acceptors (Lipinski definition) is 4. The minimum absolute atomic E-state index is 0.0346. The van der Waals surface area contributed by atoms with E-state index in [1.807, 2.05) is 6.07 Å². The van der Waals surface area contributed by atoms with Crippen molar-refractivity contribution in [2.75, 3.05) is 13.2 Å². The first-order chi connectivity index (χ1) is 9.19. The third-order valence-electron chi connectivity index (χ3n) is 2.93. The van der Waals surface area contributed by atoms with Crippen LogP contribution >= 0.6 is 0 Å². The summed E-state index contributed by atoms with van der Waals surface area (Å²) in [6.07, 6.45) is 3.48. The first kappa shape index (κ1) is 13.4. The number of carbonyl (C=O) groups excluding carboxylic acids is 1. The quantitative estimate of drug-likeness (QED) is 0.661. The fraction of sp³-hybridized carbons (Fsp3) is 0.429. The topological polar surface area (TPSA) is 75.3 Å². The molecule has 1 saturated heterocycles. The van der Waals surface area contributed by atoms with Crippen LogP contribution in [0.15, 0.2) is 22.1 Å². The molecule has 19 heavy (non-hydrogen) atoms.